The number of benzene rings is 1. The Morgan fingerprint density at radius 1 is 1.43 bits per heavy atom. The zero-order valence-corrected chi connectivity index (χ0v) is 15.6. The number of aromatic nitrogens is 4. The van der Waals surface area contributed by atoms with Gasteiger partial charge in [-0.1, -0.05) is 29.8 Å². The highest BCUT2D eigenvalue weighted by atomic mass is 35.5. The maximum atomic E-state index is 15.2. The molecule has 1 aliphatic heterocycles. The molecule has 4 rings (SSSR count). The summed E-state index contributed by atoms with van der Waals surface area (Å²) in [6, 6.07) is 8.56. The van der Waals surface area contributed by atoms with Crippen molar-refractivity contribution in [2.45, 2.75) is 31.3 Å². The Balaban J connectivity index is 1.52. The third-order valence-corrected chi connectivity index (χ3v) is 4.79. The SMILES string of the molecule is C[C@@]1(F)C[C@@H](COC(=O)c2ccccc2)O[C@H]1n1cnc2c(Cl)nc(N)nc21. The maximum absolute atomic E-state index is 15.2. The number of nitrogens with zero attached hydrogens (tertiary/aromatic N) is 4. The molecular weight excluding hydrogens is 389 g/mol. The van der Waals surface area contributed by atoms with Crippen molar-refractivity contribution in [2.24, 2.45) is 0 Å². The second kappa shape index (κ2) is 6.99. The molecular formula is C18H17ClFN5O3. The van der Waals surface area contributed by atoms with Gasteiger partial charge in [-0.15, -0.1) is 0 Å². The van der Waals surface area contributed by atoms with Crippen LogP contribution in [0.25, 0.3) is 11.2 Å². The lowest BCUT2D eigenvalue weighted by atomic mass is 10.0. The molecule has 0 bridgehead atoms. The molecule has 0 aliphatic carbocycles. The van der Waals surface area contributed by atoms with Crippen LogP contribution in [0.3, 0.4) is 0 Å². The Bertz CT molecular complexity index is 1030. The first-order chi connectivity index (χ1) is 13.3. The molecule has 146 valence electrons. The van der Waals surface area contributed by atoms with Gasteiger partial charge in [0.15, 0.2) is 22.7 Å². The highest BCUT2D eigenvalue weighted by Gasteiger charge is 2.48. The minimum Gasteiger partial charge on any atom is -0.459 e. The van der Waals surface area contributed by atoms with Gasteiger partial charge in [-0.25, -0.2) is 14.2 Å². The molecule has 3 aromatic rings. The Morgan fingerprint density at radius 3 is 2.93 bits per heavy atom. The second-order valence-corrected chi connectivity index (χ2v) is 7.11. The molecule has 2 aromatic heterocycles. The monoisotopic (exact) mass is 405 g/mol. The number of esters is 1. The van der Waals surface area contributed by atoms with Crippen LogP contribution in [0.5, 0.6) is 0 Å². The molecule has 1 fully saturated rings. The Kier molecular flexibility index (Phi) is 4.64. The van der Waals surface area contributed by atoms with E-state index in [2.05, 4.69) is 15.0 Å². The van der Waals surface area contributed by atoms with Crippen molar-refractivity contribution < 1.29 is 18.7 Å². The number of carbonyl (C=O) groups is 1. The van der Waals surface area contributed by atoms with E-state index in [1.165, 1.54) is 17.8 Å². The third kappa shape index (κ3) is 3.38. The van der Waals surface area contributed by atoms with E-state index >= 15 is 4.39 Å². The van der Waals surface area contributed by atoms with E-state index in [-0.39, 0.29) is 29.8 Å². The average molecular weight is 406 g/mol. The van der Waals surface area contributed by atoms with E-state index in [4.69, 9.17) is 26.8 Å². The van der Waals surface area contributed by atoms with Crippen molar-refractivity contribution >= 4 is 34.7 Å². The van der Waals surface area contributed by atoms with Crippen LogP contribution in [-0.2, 0) is 9.47 Å². The first-order valence-corrected chi connectivity index (χ1v) is 8.95. The topological polar surface area (TPSA) is 105 Å². The number of ether oxygens (including phenoxy) is 2. The molecule has 0 amide bonds. The summed E-state index contributed by atoms with van der Waals surface area (Å²) in [7, 11) is 0. The number of hydrogen-bond donors (Lipinski definition) is 1. The first-order valence-electron chi connectivity index (χ1n) is 8.57. The predicted octanol–water partition coefficient (Wildman–Crippen LogP) is 2.93. The van der Waals surface area contributed by atoms with Crippen molar-refractivity contribution in [3.8, 4) is 0 Å². The maximum Gasteiger partial charge on any atom is 0.338 e. The van der Waals surface area contributed by atoms with Crippen molar-refractivity contribution in [2.75, 3.05) is 12.3 Å². The van der Waals surface area contributed by atoms with Gasteiger partial charge in [0.05, 0.1) is 18.0 Å². The number of anilines is 1. The normalized spacial score (nSPS) is 24.5. The highest BCUT2D eigenvalue weighted by molar-refractivity contribution is 6.33. The standard InChI is InChI=1S/C18H17ClFN5O3/c1-18(20)7-11(8-27-15(26)10-5-3-2-4-6-10)28-16(18)25-9-22-12-13(19)23-17(21)24-14(12)25/h2-6,9,11,16H,7-8H2,1H3,(H2,21,23,24)/t11-,16+,18+/m0/s1. The van der Waals surface area contributed by atoms with Gasteiger partial charge in [-0.3, -0.25) is 4.57 Å². The summed E-state index contributed by atoms with van der Waals surface area (Å²) in [6.45, 7) is 1.34. The number of carbonyl (C=O) groups excluding carboxylic acids is 1. The van der Waals surface area contributed by atoms with E-state index in [9.17, 15) is 4.79 Å². The van der Waals surface area contributed by atoms with Crippen molar-refractivity contribution in [1.82, 2.24) is 19.5 Å². The molecule has 0 radical (unpaired) electrons. The van der Waals surface area contributed by atoms with Crippen LogP contribution in [0.2, 0.25) is 5.15 Å². The van der Waals surface area contributed by atoms with Gasteiger partial charge < -0.3 is 15.2 Å². The van der Waals surface area contributed by atoms with Gasteiger partial charge in [-0.05, 0) is 19.1 Å². The Labute approximate surface area is 164 Å². The number of rotatable bonds is 4. The van der Waals surface area contributed by atoms with E-state index < -0.39 is 24.0 Å². The van der Waals surface area contributed by atoms with Crippen LogP contribution >= 0.6 is 11.6 Å². The zero-order valence-electron chi connectivity index (χ0n) is 14.9. The fourth-order valence-electron chi connectivity index (χ4n) is 3.27. The summed E-state index contributed by atoms with van der Waals surface area (Å²) in [4.78, 5) is 24.1. The fourth-order valence-corrected chi connectivity index (χ4v) is 3.49. The summed E-state index contributed by atoms with van der Waals surface area (Å²) in [6.07, 6.45) is -0.234. The molecule has 3 heterocycles. The summed E-state index contributed by atoms with van der Waals surface area (Å²) in [5.41, 5.74) is 4.89. The largest absolute Gasteiger partial charge is 0.459 e. The molecule has 28 heavy (non-hydrogen) atoms. The molecule has 3 atom stereocenters. The van der Waals surface area contributed by atoms with Gasteiger partial charge in [0, 0.05) is 6.42 Å². The van der Waals surface area contributed by atoms with Crippen LogP contribution in [0, 0.1) is 0 Å². The summed E-state index contributed by atoms with van der Waals surface area (Å²) < 4.78 is 27.8. The number of halogens is 2. The number of hydrogen-bond acceptors (Lipinski definition) is 7. The van der Waals surface area contributed by atoms with Crippen molar-refractivity contribution in [3.05, 3.63) is 47.4 Å². The number of nitrogens with two attached hydrogens (primary N) is 1. The summed E-state index contributed by atoms with van der Waals surface area (Å²) >= 11 is 6.03. The van der Waals surface area contributed by atoms with Crippen molar-refractivity contribution in [3.63, 3.8) is 0 Å². The number of nitrogen functional groups attached to an aromatic ring is 1. The molecule has 2 N–H and O–H groups in total. The minimum atomic E-state index is -1.75. The van der Waals surface area contributed by atoms with Gasteiger partial charge in [0.25, 0.3) is 0 Å². The van der Waals surface area contributed by atoms with E-state index in [0.717, 1.165) is 0 Å². The summed E-state index contributed by atoms with van der Waals surface area (Å²) in [5, 5.41) is 0.0770. The lowest BCUT2D eigenvalue weighted by molar-refractivity contribution is -0.0601. The Morgan fingerprint density at radius 2 is 2.18 bits per heavy atom. The number of fused-ring (bicyclic) bond motifs is 1. The van der Waals surface area contributed by atoms with Gasteiger partial charge >= 0.3 is 5.97 Å². The fraction of sp³-hybridized carbons (Fsp3) is 0.333. The highest BCUT2D eigenvalue weighted by Crippen LogP contribution is 2.42. The second-order valence-electron chi connectivity index (χ2n) is 6.75. The van der Waals surface area contributed by atoms with Crippen LogP contribution < -0.4 is 5.73 Å². The van der Waals surface area contributed by atoms with Crippen LogP contribution in [0.1, 0.15) is 29.9 Å². The van der Waals surface area contributed by atoms with Crippen molar-refractivity contribution in [1.29, 1.82) is 0 Å². The third-order valence-electron chi connectivity index (χ3n) is 4.52. The molecule has 1 saturated heterocycles. The van der Waals surface area contributed by atoms with E-state index in [0.29, 0.717) is 11.1 Å². The van der Waals surface area contributed by atoms with Gasteiger partial charge in [-0.2, -0.15) is 9.97 Å². The number of alkyl halides is 1. The molecule has 8 nitrogen and oxygen atoms in total. The first kappa shape index (κ1) is 18.6. The average Bonchev–Trinajstić information content (AvgIpc) is 3.20. The quantitative estimate of drug-likeness (QED) is 0.525. The molecule has 10 heteroatoms. The minimum absolute atomic E-state index is 0.0354. The Hall–Kier alpha value is -2.78. The summed E-state index contributed by atoms with van der Waals surface area (Å²) in [5.74, 6) is -0.542. The van der Waals surface area contributed by atoms with Crippen LogP contribution in [0.4, 0.5) is 10.3 Å². The zero-order chi connectivity index (χ0) is 19.9. The molecule has 1 aromatic carbocycles. The molecule has 0 spiro atoms. The lowest BCUT2D eigenvalue weighted by Crippen LogP contribution is -2.27. The van der Waals surface area contributed by atoms with E-state index in [1.54, 1.807) is 30.3 Å². The van der Waals surface area contributed by atoms with E-state index in [1.807, 2.05) is 0 Å². The van der Waals surface area contributed by atoms with Gasteiger partial charge in [0.2, 0.25) is 5.95 Å². The van der Waals surface area contributed by atoms with Gasteiger partial charge in [0.1, 0.15) is 12.1 Å². The number of imidazole rings is 1. The molecule has 0 unspecified atom stereocenters. The predicted molar refractivity (Wildman–Crippen MR) is 99.5 cm³/mol. The molecule has 0 saturated carbocycles. The van der Waals surface area contributed by atoms with Crippen LogP contribution in [0.15, 0.2) is 36.7 Å². The molecule has 1 aliphatic rings. The lowest BCUT2D eigenvalue weighted by Gasteiger charge is -2.22. The smallest absolute Gasteiger partial charge is 0.338 e. The van der Waals surface area contributed by atoms with Crippen LogP contribution in [-0.4, -0.2) is 43.9 Å².